The number of aromatic nitrogens is 4. The molecule has 0 aliphatic carbocycles. The second kappa shape index (κ2) is 13.7. The molecule has 12 N–H and O–H groups in total. The van der Waals surface area contributed by atoms with E-state index in [-0.39, 0.29) is 44.6 Å². The molecule has 2 aromatic heterocycles. The van der Waals surface area contributed by atoms with Crippen molar-refractivity contribution in [2.24, 2.45) is 43.3 Å². The van der Waals surface area contributed by atoms with E-state index in [0.717, 1.165) is 12.1 Å². The van der Waals surface area contributed by atoms with E-state index < -0.39 is 67.9 Å². The summed E-state index contributed by atoms with van der Waals surface area (Å²) >= 11 is 0. The summed E-state index contributed by atoms with van der Waals surface area (Å²) in [6.07, 6.45) is -3.39. The minimum Gasteiger partial charge on any atom is -0.382 e. The minimum atomic E-state index is -1.70. The largest absolute Gasteiger partial charge is 0.382 e. The highest BCUT2D eigenvalue weighted by Gasteiger charge is 2.26. The van der Waals surface area contributed by atoms with Gasteiger partial charge in [0.25, 0.3) is 22.5 Å². The minimum absolute atomic E-state index is 0.0428. The molecule has 0 saturated heterocycles. The zero-order chi connectivity index (χ0) is 36.3. The van der Waals surface area contributed by atoms with Crippen LogP contribution in [-0.2, 0) is 0 Å². The lowest BCUT2D eigenvalue weighted by molar-refractivity contribution is -0.384. The number of hydrogen-bond acceptors (Lipinski definition) is 14. The highest BCUT2D eigenvalue weighted by atomic mass is 16.6. The average Bonchev–Trinajstić information content (AvgIpc) is 3.07. The molecule has 0 aliphatic rings. The number of nitro benzene ring substituents is 2. The van der Waals surface area contributed by atoms with Gasteiger partial charge >= 0.3 is 0 Å². The number of H-pyrrole nitrogens is 2. The van der Waals surface area contributed by atoms with Crippen LogP contribution in [0.15, 0.2) is 90.7 Å². The Balaban J connectivity index is 1.53. The number of nitro groups is 2. The van der Waals surface area contributed by atoms with Crippen molar-refractivity contribution >= 4 is 56.8 Å². The van der Waals surface area contributed by atoms with Crippen molar-refractivity contribution in [3.05, 3.63) is 124 Å². The Morgan fingerprint density at radius 1 is 0.640 bits per heavy atom. The zero-order valence-corrected chi connectivity index (χ0v) is 25.2. The molecule has 2 atom stereocenters. The van der Waals surface area contributed by atoms with Crippen LogP contribution in [0.2, 0.25) is 0 Å². The quantitative estimate of drug-likeness (QED) is 0.0394. The lowest BCUT2D eigenvalue weighted by atomic mass is 9.97. The zero-order valence-electron chi connectivity index (χ0n) is 25.2. The molecule has 254 valence electrons. The second-order valence-corrected chi connectivity index (χ2v) is 10.2. The van der Waals surface area contributed by atoms with Crippen LogP contribution in [0.3, 0.4) is 0 Å². The molecule has 5 rings (SSSR count). The Morgan fingerprint density at radius 3 is 1.32 bits per heavy atom. The van der Waals surface area contributed by atoms with Crippen LogP contribution in [0, 0.1) is 20.2 Å². The maximum absolute atomic E-state index is 13.0. The van der Waals surface area contributed by atoms with Crippen LogP contribution in [0.4, 0.5) is 11.4 Å². The topological polar surface area (TPSA) is 372 Å². The van der Waals surface area contributed by atoms with Crippen LogP contribution in [0.1, 0.15) is 34.7 Å². The molecule has 22 nitrogen and oxygen atoms in total. The monoisotopic (exact) mass is 684 g/mol. The van der Waals surface area contributed by atoms with Crippen LogP contribution < -0.4 is 34.1 Å². The molecular formula is C28H24N14O8. The van der Waals surface area contributed by atoms with Gasteiger partial charge in [0.2, 0.25) is 11.9 Å². The molecule has 0 amide bonds. The summed E-state index contributed by atoms with van der Waals surface area (Å²) < 4.78 is 0. The van der Waals surface area contributed by atoms with Gasteiger partial charge in [-0.1, -0.05) is 24.3 Å². The van der Waals surface area contributed by atoms with Gasteiger partial charge in [-0.3, -0.25) is 29.8 Å². The van der Waals surface area contributed by atoms with Crippen molar-refractivity contribution in [2.75, 3.05) is 0 Å². The molecule has 3 aromatic carbocycles. The Kier molecular flexibility index (Phi) is 9.30. The van der Waals surface area contributed by atoms with Crippen molar-refractivity contribution < 1.29 is 20.1 Å². The lowest BCUT2D eigenvalue weighted by Gasteiger charge is -2.16. The number of non-ortho nitro benzene ring substituents is 2. The molecule has 0 fully saturated rings. The fourth-order valence-electron chi connectivity index (χ4n) is 4.59. The van der Waals surface area contributed by atoms with E-state index in [2.05, 4.69) is 40.3 Å². The summed E-state index contributed by atoms with van der Waals surface area (Å²) in [4.78, 5) is 60.4. The average molecular weight is 685 g/mol. The molecule has 0 spiro atoms. The number of guanidine groups is 2. The third kappa shape index (κ3) is 7.09. The summed E-state index contributed by atoms with van der Waals surface area (Å²) in [5.41, 5.74) is 18.2. The number of rotatable bonds is 10. The summed E-state index contributed by atoms with van der Waals surface area (Å²) in [6.45, 7) is 0. The van der Waals surface area contributed by atoms with Gasteiger partial charge in [0.15, 0.2) is 11.4 Å². The number of aromatic amines is 2. The van der Waals surface area contributed by atoms with Crippen molar-refractivity contribution in [3.63, 3.8) is 0 Å². The van der Waals surface area contributed by atoms with Gasteiger partial charge in [-0.25, -0.2) is 9.97 Å². The number of nitrogens with one attached hydrogen (secondary N) is 2. The Morgan fingerprint density at radius 2 is 1.00 bits per heavy atom. The number of aliphatic hydroxyl groups excluding tert-OH is 2. The van der Waals surface area contributed by atoms with Gasteiger partial charge in [0.05, 0.1) is 31.9 Å². The summed E-state index contributed by atoms with van der Waals surface area (Å²) in [5, 5.41) is 59.7. The first-order valence-electron chi connectivity index (χ1n) is 13.9. The number of aliphatic hydroxyl groups is 2. The molecule has 0 radical (unpaired) electrons. The maximum atomic E-state index is 13.0. The first-order valence-corrected chi connectivity index (χ1v) is 13.9. The highest BCUT2D eigenvalue weighted by Crippen LogP contribution is 2.25. The van der Waals surface area contributed by atoms with Crippen LogP contribution in [0.5, 0.6) is 0 Å². The number of hydrogen-bond donors (Lipinski definition) is 8. The Labute approximate surface area is 276 Å². The maximum Gasteiger partial charge on any atom is 0.276 e. The van der Waals surface area contributed by atoms with Crippen LogP contribution in [0.25, 0.3) is 22.1 Å². The van der Waals surface area contributed by atoms with Crippen LogP contribution in [-0.4, -0.2) is 63.3 Å². The van der Waals surface area contributed by atoms with Gasteiger partial charge < -0.3 is 43.1 Å². The van der Waals surface area contributed by atoms with E-state index in [1.165, 1.54) is 48.5 Å². The molecule has 0 unspecified atom stereocenters. The summed E-state index contributed by atoms with van der Waals surface area (Å²) in [7, 11) is 0. The van der Waals surface area contributed by atoms with Gasteiger partial charge in [-0.05, 0) is 23.3 Å². The van der Waals surface area contributed by atoms with E-state index >= 15 is 0 Å². The number of nitrogens with zero attached hydrogens (tertiary/aromatic N) is 8. The number of benzene rings is 3. The molecule has 5 aromatic rings. The Hall–Kier alpha value is -7.46. The smallest absolute Gasteiger partial charge is 0.276 e. The predicted molar refractivity (Wildman–Crippen MR) is 179 cm³/mol. The normalized spacial score (nSPS) is 13.1. The summed E-state index contributed by atoms with van der Waals surface area (Å²) in [6, 6.07) is 12.5. The van der Waals surface area contributed by atoms with E-state index in [0.29, 0.717) is 0 Å². The Bertz CT molecular complexity index is 2240. The van der Waals surface area contributed by atoms with E-state index in [4.69, 9.17) is 22.9 Å². The second-order valence-electron chi connectivity index (χ2n) is 10.2. The van der Waals surface area contributed by atoms with Crippen molar-refractivity contribution in [3.8, 4) is 0 Å². The van der Waals surface area contributed by atoms with Crippen molar-refractivity contribution in [1.29, 1.82) is 0 Å². The first kappa shape index (κ1) is 33.9. The molecule has 22 heteroatoms. The molecule has 50 heavy (non-hydrogen) atoms. The molecule has 2 heterocycles. The first-order chi connectivity index (χ1) is 23.7. The molecule has 0 aliphatic heterocycles. The fourth-order valence-corrected chi connectivity index (χ4v) is 4.59. The van der Waals surface area contributed by atoms with Crippen LogP contribution >= 0.6 is 0 Å². The number of fused-ring (bicyclic) bond motifs is 2. The molecule has 0 bridgehead atoms. The third-order valence-electron chi connectivity index (χ3n) is 6.89. The van der Waals surface area contributed by atoms with Gasteiger partial charge in [0, 0.05) is 24.3 Å². The number of nitrogens with two attached hydrogens (primary N) is 4. The van der Waals surface area contributed by atoms with E-state index in [1.807, 2.05) is 0 Å². The van der Waals surface area contributed by atoms with Crippen molar-refractivity contribution in [1.82, 2.24) is 19.9 Å². The standard InChI is InChI=1S/C28H24N14O8/c29-27(30)39-37-19(21-25(45)35-17-9-13(41(47)48)5-7-15(17)33-21)23(43)11-1-2-12(4-3-11)24(44)20(38-40-28(31)32)22-26(46)36-18-10-14(42(49)50)6-8-16(18)34-22/h1-10,23-24,43-44H,(H,35,45)(H,36,46)(H4,29,30,39)(H4,31,32,40)/b37-19-,38-20+/t23-,24+/m1/s1. The van der Waals surface area contributed by atoms with E-state index in [9.17, 15) is 40.0 Å². The van der Waals surface area contributed by atoms with E-state index in [1.54, 1.807) is 0 Å². The lowest BCUT2D eigenvalue weighted by Crippen LogP contribution is -2.27. The SMILES string of the molecule is NC(N)=N/N=C(/c1nc2ccc([N+](=O)[O-])cc2[nH]c1=O)[C@H](O)c1ccc([C@H](O)/C(=N/N=C(N)N)c2nc3ccc([N+](=O)[O-])cc3[nH]c2=O)cc1. The predicted octanol–water partition coefficient (Wildman–Crippen LogP) is -0.602. The highest BCUT2D eigenvalue weighted by molar-refractivity contribution is 6.04. The summed E-state index contributed by atoms with van der Waals surface area (Å²) in [5.74, 6) is -1.02. The fraction of sp³-hybridized carbons (Fsp3) is 0.0714. The third-order valence-corrected chi connectivity index (χ3v) is 6.89. The van der Waals surface area contributed by atoms with Gasteiger partial charge in [0.1, 0.15) is 23.6 Å². The van der Waals surface area contributed by atoms with Gasteiger partial charge in [-0.15, -0.1) is 20.4 Å². The molecule has 0 saturated carbocycles. The van der Waals surface area contributed by atoms with Crippen molar-refractivity contribution in [2.45, 2.75) is 12.2 Å². The van der Waals surface area contributed by atoms with Gasteiger partial charge in [-0.2, -0.15) is 0 Å². The molecular weight excluding hydrogens is 660 g/mol.